The first-order valence-electron chi connectivity index (χ1n) is 2.57. The highest BCUT2D eigenvalue weighted by molar-refractivity contribution is 5.77. The molecule has 0 aromatic carbocycles. The zero-order valence-electron chi connectivity index (χ0n) is 4.73. The molecule has 1 rings (SSSR count). The van der Waals surface area contributed by atoms with Gasteiger partial charge in [-0.25, -0.2) is 9.59 Å². The van der Waals surface area contributed by atoms with Gasteiger partial charge < -0.3 is 10.6 Å². The Hall–Kier alpha value is -1.28. The molecule has 0 radical (unpaired) electrons. The lowest BCUT2D eigenvalue weighted by molar-refractivity contribution is 0.240. The molecular formula is C5H6N2O2. The van der Waals surface area contributed by atoms with Crippen LogP contribution in [0.1, 0.15) is 0 Å². The highest BCUT2D eigenvalue weighted by Gasteiger charge is 2.09. The van der Waals surface area contributed by atoms with Gasteiger partial charge in [0, 0.05) is 0 Å². The lowest BCUT2D eigenvalue weighted by atomic mass is 10.3. The summed E-state index contributed by atoms with van der Waals surface area (Å²) < 4.78 is 0. The normalized spacial score (nSPS) is 17.8. The zero-order chi connectivity index (χ0) is 6.69. The van der Waals surface area contributed by atoms with E-state index in [1.807, 2.05) is 0 Å². The van der Waals surface area contributed by atoms with E-state index >= 15 is 0 Å². The lowest BCUT2D eigenvalue weighted by Gasteiger charge is -2.13. The third-order valence-electron chi connectivity index (χ3n) is 1.07. The van der Waals surface area contributed by atoms with Gasteiger partial charge in [0.2, 0.25) is 0 Å². The SMILES string of the molecule is O=C=C1CNC(=O)NC1. The molecule has 0 bridgehead atoms. The number of rotatable bonds is 0. The second kappa shape index (κ2) is 2.33. The summed E-state index contributed by atoms with van der Waals surface area (Å²) in [6, 6.07) is -0.228. The predicted molar refractivity (Wildman–Crippen MR) is 30.6 cm³/mol. The van der Waals surface area contributed by atoms with Gasteiger partial charge in [0.25, 0.3) is 0 Å². The van der Waals surface area contributed by atoms with Crippen LogP contribution in [-0.4, -0.2) is 25.1 Å². The van der Waals surface area contributed by atoms with Crippen LogP contribution in [0.5, 0.6) is 0 Å². The Bertz CT molecular complexity index is 169. The summed E-state index contributed by atoms with van der Waals surface area (Å²) in [4.78, 5) is 20.3. The molecule has 9 heavy (non-hydrogen) atoms. The van der Waals surface area contributed by atoms with Crippen LogP contribution < -0.4 is 10.6 Å². The van der Waals surface area contributed by atoms with E-state index in [1.165, 1.54) is 0 Å². The fourth-order valence-corrected chi connectivity index (χ4v) is 0.571. The number of carbonyl (C=O) groups is 1. The van der Waals surface area contributed by atoms with Crippen LogP contribution in [0.25, 0.3) is 0 Å². The van der Waals surface area contributed by atoms with E-state index in [2.05, 4.69) is 10.6 Å². The number of nitrogens with one attached hydrogen (secondary N) is 2. The second-order valence-corrected chi connectivity index (χ2v) is 1.74. The quantitative estimate of drug-likeness (QED) is 0.411. The molecule has 0 aromatic rings. The summed E-state index contributed by atoms with van der Waals surface area (Å²) >= 11 is 0. The van der Waals surface area contributed by atoms with E-state index < -0.39 is 0 Å². The van der Waals surface area contributed by atoms with Crippen molar-refractivity contribution in [1.29, 1.82) is 0 Å². The van der Waals surface area contributed by atoms with Gasteiger partial charge in [-0.2, -0.15) is 0 Å². The summed E-state index contributed by atoms with van der Waals surface area (Å²) in [5.74, 6) is 1.71. The largest absolute Gasteiger partial charge is 0.334 e. The van der Waals surface area contributed by atoms with Crippen molar-refractivity contribution in [3.05, 3.63) is 5.57 Å². The van der Waals surface area contributed by atoms with E-state index in [-0.39, 0.29) is 6.03 Å². The Balaban J connectivity index is 2.53. The highest BCUT2D eigenvalue weighted by Crippen LogP contribution is 1.87. The van der Waals surface area contributed by atoms with Crippen molar-refractivity contribution >= 4 is 12.0 Å². The Morgan fingerprint density at radius 3 is 2.33 bits per heavy atom. The summed E-state index contributed by atoms with van der Waals surface area (Å²) in [6.45, 7) is 0.657. The predicted octanol–water partition coefficient (Wildman–Crippen LogP) is -0.943. The summed E-state index contributed by atoms with van der Waals surface area (Å²) in [7, 11) is 0. The van der Waals surface area contributed by atoms with Gasteiger partial charge in [-0.05, 0) is 0 Å². The minimum atomic E-state index is -0.228. The summed E-state index contributed by atoms with van der Waals surface area (Å²) in [5.41, 5.74) is 0.551. The molecular weight excluding hydrogens is 120 g/mol. The molecule has 0 saturated carbocycles. The second-order valence-electron chi connectivity index (χ2n) is 1.74. The summed E-state index contributed by atoms with van der Waals surface area (Å²) in [6.07, 6.45) is 0. The lowest BCUT2D eigenvalue weighted by Crippen LogP contribution is -2.44. The molecule has 1 saturated heterocycles. The van der Waals surface area contributed by atoms with Gasteiger partial charge in [-0.3, -0.25) is 0 Å². The van der Waals surface area contributed by atoms with Crippen molar-refractivity contribution < 1.29 is 9.59 Å². The van der Waals surface area contributed by atoms with Gasteiger partial charge >= 0.3 is 6.03 Å². The summed E-state index contributed by atoms with van der Waals surface area (Å²) in [5, 5.41) is 4.87. The van der Waals surface area contributed by atoms with E-state index in [0.29, 0.717) is 18.7 Å². The Morgan fingerprint density at radius 1 is 1.33 bits per heavy atom. The van der Waals surface area contributed by atoms with Crippen LogP contribution in [0, 0.1) is 0 Å². The minimum Gasteiger partial charge on any atom is -0.334 e. The Morgan fingerprint density at radius 2 is 1.89 bits per heavy atom. The van der Waals surface area contributed by atoms with E-state index in [9.17, 15) is 9.59 Å². The molecule has 0 spiro atoms. The maximum Gasteiger partial charge on any atom is 0.315 e. The van der Waals surface area contributed by atoms with Crippen LogP contribution in [0.2, 0.25) is 0 Å². The Kier molecular flexibility index (Phi) is 1.51. The van der Waals surface area contributed by atoms with Crippen molar-refractivity contribution in [1.82, 2.24) is 10.6 Å². The standard InChI is InChI=1S/C5H6N2O2/c8-3-4-1-6-5(9)7-2-4/h1-2H2,(H2,6,7,9). The van der Waals surface area contributed by atoms with Crippen molar-refractivity contribution in [3.63, 3.8) is 0 Å². The van der Waals surface area contributed by atoms with Crippen molar-refractivity contribution in [2.45, 2.75) is 0 Å². The molecule has 0 aromatic heterocycles. The van der Waals surface area contributed by atoms with Gasteiger partial charge in [0.05, 0.1) is 18.7 Å². The van der Waals surface area contributed by atoms with Crippen molar-refractivity contribution in [2.24, 2.45) is 0 Å². The molecule has 1 heterocycles. The van der Waals surface area contributed by atoms with Gasteiger partial charge in [-0.15, -0.1) is 0 Å². The van der Waals surface area contributed by atoms with E-state index in [0.717, 1.165) is 0 Å². The fourth-order valence-electron chi connectivity index (χ4n) is 0.571. The number of urea groups is 1. The molecule has 1 aliphatic rings. The first-order valence-corrected chi connectivity index (χ1v) is 2.57. The highest BCUT2D eigenvalue weighted by atomic mass is 16.2. The number of hydrogen-bond acceptors (Lipinski definition) is 2. The average Bonchev–Trinajstić information content (AvgIpc) is 1.90. The molecule has 1 fully saturated rings. The minimum absolute atomic E-state index is 0.228. The molecule has 2 N–H and O–H groups in total. The van der Waals surface area contributed by atoms with Gasteiger partial charge in [-0.1, -0.05) is 0 Å². The van der Waals surface area contributed by atoms with Gasteiger partial charge in [0.15, 0.2) is 0 Å². The molecule has 0 aliphatic carbocycles. The molecule has 2 amide bonds. The van der Waals surface area contributed by atoms with Crippen molar-refractivity contribution in [2.75, 3.05) is 13.1 Å². The van der Waals surface area contributed by atoms with Crippen LogP contribution in [-0.2, 0) is 4.79 Å². The molecule has 4 heteroatoms. The van der Waals surface area contributed by atoms with Crippen LogP contribution >= 0.6 is 0 Å². The van der Waals surface area contributed by atoms with E-state index in [1.54, 1.807) is 5.94 Å². The maximum atomic E-state index is 10.4. The van der Waals surface area contributed by atoms with Crippen LogP contribution in [0.15, 0.2) is 5.57 Å². The van der Waals surface area contributed by atoms with Crippen LogP contribution in [0.4, 0.5) is 4.79 Å². The van der Waals surface area contributed by atoms with E-state index in [4.69, 9.17) is 0 Å². The third kappa shape index (κ3) is 1.30. The molecule has 0 atom stereocenters. The monoisotopic (exact) mass is 126 g/mol. The third-order valence-corrected chi connectivity index (χ3v) is 1.07. The van der Waals surface area contributed by atoms with Gasteiger partial charge in [0.1, 0.15) is 5.94 Å². The van der Waals surface area contributed by atoms with Crippen LogP contribution in [0.3, 0.4) is 0 Å². The molecule has 0 unspecified atom stereocenters. The number of amides is 2. The Labute approximate surface area is 51.9 Å². The first-order chi connectivity index (χ1) is 4.33. The topological polar surface area (TPSA) is 58.2 Å². The average molecular weight is 126 g/mol. The van der Waals surface area contributed by atoms with Crippen molar-refractivity contribution in [3.8, 4) is 0 Å². The molecule has 1 aliphatic heterocycles. The number of carbonyl (C=O) groups excluding carboxylic acids is 2. The molecule has 48 valence electrons. The molecule has 4 nitrogen and oxygen atoms in total. The fraction of sp³-hybridized carbons (Fsp3) is 0.400. The first kappa shape index (κ1) is 5.85. The smallest absolute Gasteiger partial charge is 0.315 e. The zero-order valence-corrected chi connectivity index (χ0v) is 4.73. The number of hydrogen-bond donors (Lipinski definition) is 2. The maximum absolute atomic E-state index is 10.4.